The summed E-state index contributed by atoms with van der Waals surface area (Å²) < 4.78 is 0. The number of benzene rings is 1. The Hall–Kier alpha value is -1.19. The fraction of sp³-hybridized carbons (Fsp3) is 0.300. The van der Waals surface area contributed by atoms with E-state index in [0.29, 0.717) is 6.29 Å². The number of carbonyl (C=O) groups is 1. The normalized spacial score (nSPS) is 14.9. The Morgan fingerprint density at radius 3 is 2.54 bits per heavy atom. The minimum absolute atomic E-state index is 0.271. The molecule has 0 radical (unpaired) electrons. The number of carbonyl (C=O) groups excluding carboxylic acids is 1. The third-order valence-electron chi connectivity index (χ3n) is 1.88. The van der Waals surface area contributed by atoms with Crippen LogP contribution in [0.3, 0.4) is 0 Å². The predicted molar refractivity (Wildman–Crippen MR) is 50.1 cm³/mol. The fourth-order valence-corrected chi connectivity index (χ4v) is 1.15. The first-order valence-electron chi connectivity index (χ1n) is 4.18. The quantitative estimate of drug-likeness (QED) is 0.666. The van der Waals surface area contributed by atoms with Crippen LogP contribution in [0.25, 0.3) is 0 Å². The lowest BCUT2D eigenvalue weighted by Crippen LogP contribution is -2.19. The Morgan fingerprint density at radius 1 is 1.38 bits per heavy atom. The molecule has 2 unspecified atom stereocenters. The lowest BCUT2D eigenvalue weighted by Gasteiger charge is -2.12. The number of hydrogen-bond acceptors (Lipinski definition) is 3. The molecule has 3 N–H and O–H groups in total. The lowest BCUT2D eigenvalue weighted by atomic mass is 10.0. The Bertz CT molecular complexity index is 261. The Morgan fingerprint density at radius 2 is 2.00 bits per heavy atom. The van der Waals surface area contributed by atoms with Crippen LogP contribution in [0, 0.1) is 0 Å². The van der Waals surface area contributed by atoms with Crippen molar-refractivity contribution in [3.05, 3.63) is 35.9 Å². The van der Waals surface area contributed by atoms with Crippen molar-refractivity contribution in [1.82, 2.24) is 0 Å². The monoisotopic (exact) mass is 179 g/mol. The molecule has 0 aromatic heterocycles. The van der Waals surface area contributed by atoms with Crippen LogP contribution in [0.5, 0.6) is 0 Å². The molecule has 70 valence electrons. The highest BCUT2D eigenvalue weighted by Crippen LogP contribution is 2.14. The van der Waals surface area contributed by atoms with E-state index in [0.717, 1.165) is 5.56 Å². The molecule has 13 heavy (non-hydrogen) atoms. The highest BCUT2D eigenvalue weighted by Gasteiger charge is 2.10. The number of aliphatic hydroxyl groups excluding tert-OH is 1. The maximum Gasteiger partial charge on any atom is 0.148 e. The first-order valence-corrected chi connectivity index (χ1v) is 4.18. The summed E-state index contributed by atoms with van der Waals surface area (Å²) in [6.07, 6.45) is -0.189. The van der Waals surface area contributed by atoms with E-state index in [1.165, 1.54) is 0 Å². The number of hydrogen-bond donors (Lipinski definition) is 2. The fourth-order valence-electron chi connectivity index (χ4n) is 1.15. The van der Waals surface area contributed by atoms with Crippen LogP contribution in [0.1, 0.15) is 18.0 Å². The van der Waals surface area contributed by atoms with Crippen molar-refractivity contribution in [3.63, 3.8) is 0 Å². The molecule has 0 fully saturated rings. The van der Waals surface area contributed by atoms with Gasteiger partial charge < -0.3 is 15.6 Å². The summed E-state index contributed by atoms with van der Waals surface area (Å²) in [6.45, 7) is 0. The minimum atomic E-state index is -0.963. The van der Waals surface area contributed by atoms with Gasteiger partial charge in [0.2, 0.25) is 0 Å². The highest BCUT2D eigenvalue weighted by atomic mass is 16.3. The molecule has 0 aliphatic carbocycles. The number of nitrogens with two attached hydrogens (primary N) is 1. The van der Waals surface area contributed by atoms with Gasteiger partial charge in [-0.15, -0.1) is 0 Å². The Kier molecular flexibility index (Phi) is 3.61. The summed E-state index contributed by atoms with van der Waals surface area (Å²) in [5, 5.41) is 9.04. The van der Waals surface area contributed by atoms with Crippen molar-refractivity contribution < 1.29 is 9.90 Å². The van der Waals surface area contributed by atoms with E-state index in [-0.39, 0.29) is 12.5 Å². The van der Waals surface area contributed by atoms with Crippen LogP contribution in [0.15, 0.2) is 30.3 Å². The van der Waals surface area contributed by atoms with Gasteiger partial charge in [-0.1, -0.05) is 30.3 Å². The summed E-state index contributed by atoms with van der Waals surface area (Å²) in [5.41, 5.74) is 6.69. The van der Waals surface area contributed by atoms with E-state index >= 15 is 0 Å². The molecule has 3 nitrogen and oxygen atoms in total. The molecular weight excluding hydrogens is 166 g/mol. The zero-order valence-electron chi connectivity index (χ0n) is 7.26. The van der Waals surface area contributed by atoms with E-state index in [4.69, 9.17) is 10.8 Å². The molecule has 2 atom stereocenters. The zero-order chi connectivity index (χ0) is 9.68. The molecule has 0 aliphatic rings. The Labute approximate surface area is 77.2 Å². The SMILES string of the molecule is NC(CC(O)C=O)c1ccccc1. The standard InChI is InChI=1S/C10H13NO2/c11-10(6-9(13)7-12)8-4-2-1-3-5-8/h1-5,7,9-10,13H,6,11H2. The maximum atomic E-state index is 10.2. The zero-order valence-corrected chi connectivity index (χ0v) is 7.26. The molecular formula is C10H13NO2. The topological polar surface area (TPSA) is 63.3 Å². The first-order chi connectivity index (χ1) is 6.24. The molecule has 1 aromatic carbocycles. The van der Waals surface area contributed by atoms with Gasteiger partial charge in [-0.25, -0.2) is 0 Å². The molecule has 0 bridgehead atoms. The van der Waals surface area contributed by atoms with Crippen LogP contribution >= 0.6 is 0 Å². The third kappa shape index (κ3) is 2.97. The third-order valence-corrected chi connectivity index (χ3v) is 1.88. The summed E-state index contributed by atoms with van der Waals surface area (Å²) in [6, 6.07) is 9.13. The van der Waals surface area contributed by atoms with Crippen LogP contribution in [0.4, 0.5) is 0 Å². The van der Waals surface area contributed by atoms with Crippen LogP contribution < -0.4 is 5.73 Å². The summed E-state index contributed by atoms with van der Waals surface area (Å²) in [4.78, 5) is 10.2. The van der Waals surface area contributed by atoms with E-state index in [9.17, 15) is 4.79 Å². The van der Waals surface area contributed by atoms with E-state index < -0.39 is 6.10 Å². The van der Waals surface area contributed by atoms with Crippen molar-refractivity contribution in [2.75, 3.05) is 0 Å². The van der Waals surface area contributed by atoms with Gasteiger partial charge in [-0.3, -0.25) is 0 Å². The number of aldehydes is 1. The van der Waals surface area contributed by atoms with Gasteiger partial charge in [0.05, 0.1) is 0 Å². The van der Waals surface area contributed by atoms with E-state index in [2.05, 4.69) is 0 Å². The molecule has 0 aliphatic heterocycles. The minimum Gasteiger partial charge on any atom is -0.386 e. The van der Waals surface area contributed by atoms with Crippen molar-refractivity contribution in [3.8, 4) is 0 Å². The van der Waals surface area contributed by atoms with Gasteiger partial charge in [-0.05, 0) is 12.0 Å². The second-order valence-electron chi connectivity index (χ2n) is 2.96. The summed E-state index contributed by atoms with van der Waals surface area (Å²) in [5.74, 6) is 0. The van der Waals surface area contributed by atoms with Gasteiger partial charge >= 0.3 is 0 Å². The Balaban J connectivity index is 2.58. The number of aliphatic hydroxyl groups is 1. The molecule has 0 heterocycles. The smallest absolute Gasteiger partial charge is 0.148 e. The molecule has 1 rings (SSSR count). The van der Waals surface area contributed by atoms with Crippen LogP contribution in [-0.4, -0.2) is 17.5 Å². The average Bonchev–Trinajstić information content (AvgIpc) is 2.19. The maximum absolute atomic E-state index is 10.2. The van der Waals surface area contributed by atoms with Crippen molar-refractivity contribution in [2.45, 2.75) is 18.6 Å². The predicted octanol–water partition coefficient (Wildman–Crippen LogP) is 0.636. The van der Waals surface area contributed by atoms with Gasteiger partial charge in [0, 0.05) is 6.04 Å². The average molecular weight is 179 g/mol. The highest BCUT2D eigenvalue weighted by molar-refractivity contribution is 5.55. The molecule has 0 saturated carbocycles. The molecule has 3 heteroatoms. The molecule has 0 spiro atoms. The van der Waals surface area contributed by atoms with E-state index in [1.807, 2.05) is 30.3 Å². The van der Waals surface area contributed by atoms with Gasteiger partial charge in [0.25, 0.3) is 0 Å². The second kappa shape index (κ2) is 4.74. The summed E-state index contributed by atoms with van der Waals surface area (Å²) >= 11 is 0. The van der Waals surface area contributed by atoms with Crippen molar-refractivity contribution >= 4 is 6.29 Å². The van der Waals surface area contributed by atoms with Crippen molar-refractivity contribution in [2.24, 2.45) is 5.73 Å². The van der Waals surface area contributed by atoms with Gasteiger partial charge in [0.15, 0.2) is 0 Å². The van der Waals surface area contributed by atoms with E-state index in [1.54, 1.807) is 0 Å². The van der Waals surface area contributed by atoms with Crippen molar-refractivity contribution in [1.29, 1.82) is 0 Å². The molecule has 0 amide bonds. The van der Waals surface area contributed by atoms with Gasteiger partial charge in [0.1, 0.15) is 12.4 Å². The second-order valence-corrected chi connectivity index (χ2v) is 2.96. The number of rotatable bonds is 4. The van der Waals surface area contributed by atoms with Gasteiger partial charge in [-0.2, -0.15) is 0 Å². The summed E-state index contributed by atoms with van der Waals surface area (Å²) in [7, 11) is 0. The largest absolute Gasteiger partial charge is 0.386 e. The first kappa shape index (κ1) is 9.89. The molecule has 0 saturated heterocycles. The van der Waals surface area contributed by atoms with Crippen LogP contribution in [-0.2, 0) is 4.79 Å². The molecule has 1 aromatic rings. The lowest BCUT2D eigenvalue weighted by molar-refractivity contribution is -0.115. The van der Waals surface area contributed by atoms with Crippen LogP contribution in [0.2, 0.25) is 0 Å².